The predicted molar refractivity (Wildman–Crippen MR) is 75.6 cm³/mol. The largest absolute Gasteiger partial charge is 0.271 e. The van der Waals surface area contributed by atoms with Gasteiger partial charge in [-0.15, -0.1) is 0 Å². The summed E-state index contributed by atoms with van der Waals surface area (Å²) in [6, 6.07) is 4.14. The van der Waals surface area contributed by atoms with Gasteiger partial charge in [0.1, 0.15) is 0 Å². The molecule has 2 rings (SSSR count). The minimum Gasteiger partial charge on any atom is -0.271 e. The predicted octanol–water partition coefficient (Wildman–Crippen LogP) is 2.26. The Balaban J connectivity index is 2.17. The Labute approximate surface area is 117 Å². The van der Waals surface area contributed by atoms with Gasteiger partial charge in [-0.1, -0.05) is 11.6 Å². The fourth-order valence-corrected chi connectivity index (χ4v) is 2.16. The van der Waals surface area contributed by atoms with Gasteiger partial charge in [0.25, 0.3) is 0 Å². The lowest BCUT2D eigenvalue weighted by Crippen LogP contribution is -2.30. The Bertz CT molecular complexity index is 537. The first-order valence-corrected chi connectivity index (χ1v) is 6.59. The average Bonchev–Trinajstić information content (AvgIpc) is 2.86. The molecule has 102 valence electrons. The first kappa shape index (κ1) is 14.0. The summed E-state index contributed by atoms with van der Waals surface area (Å²) in [5.74, 6) is 5.62. The van der Waals surface area contributed by atoms with E-state index in [9.17, 15) is 0 Å². The van der Waals surface area contributed by atoms with Gasteiger partial charge in [-0.3, -0.25) is 20.9 Å². The van der Waals surface area contributed by atoms with Crippen molar-refractivity contribution in [1.29, 1.82) is 0 Å². The van der Waals surface area contributed by atoms with Crippen molar-refractivity contribution in [3.63, 3.8) is 0 Å². The number of nitrogens with two attached hydrogens (primary N) is 1. The molecule has 2 aromatic rings. The molecule has 5 nitrogen and oxygen atoms in total. The highest BCUT2D eigenvalue weighted by molar-refractivity contribution is 6.31. The van der Waals surface area contributed by atoms with Crippen LogP contribution in [0.5, 0.6) is 0 Å². The molecule has 0 bridgehead atoms. The monoisotopic (exact) mass is 279 g/mol. The number of hydrogen-bond donors (Lipinski definition) is 2. The van der Waals surface area contributed by atoms with Gasteiger partial charge in [0.2, 0.25) is 0 Å². The highest BCUT2D eigenvalue weighted by Gasteiger charge is 2.15. The summed E-state index contributed by atoms with van der Waals surface area (Å²) in [6.45, 7) is 4.18. The number of aromatic nitrogens is 3. The van der Waals surface area contributed by atoms with Crippen molar-refractivity contribution in [3.8, 4) is 0 Å². The standard InChI is InChI=1S/C13H18ClN5/c1-9(2)19-6-4-10(18-19)7-13(17-15)11-3-5-16-8-12(11)14/h3-6,8-9,13,17H,7,15H2,1-2H3. The average molecular weight is 280 g/mol. The molecule has 0 radical (unpaired) electrons. The molecule has 1 unspecified atom stereocenters. The van der Waals surface area contributed by atoms with Gasteiger partial charge < -0.3 is 0 Å². The molecular weight excluding hydrogens is 262 g/mol. The lowest BCUT2D eigenvalue weighted by atomic mass is 10.0. The van der Waals surface area contributed by atoms with Crippen LogP contribution < -0.4 is 11.3 Å². The van der Waals surface area contributed by atoms with E-state index in [1.54, 1.807) is 12.4 Å². The van der Waals surface area contributed by atoms with Gasteiger partial charge in [0, 0.05) is 31.1 Å². The van der Waals surface area contributed by atoms with Gasteiger partial charge in [-0.05, 0) is 31.5 Å². The molecule has 0 amide bonds. The number of rotatable bonds is 5. The van der Waals surface area contributed by atoms with E-state index in [0.717, 1.165) is 11.3 Å². The van der Waals surface area contributed by atoms with Crippen LogP contribution in [0.25, 0.3) is 0 Å². The van der Waals surface area contributed by atoms with E-state index in [2.05, 4.69) is 29.4 Å². The van der Waals surface area contributed by atoms with Crippen LogP contribution in [-0.2, 0) is 6.42 Å². The molecule has 2 aromatic heterocycles. The quantitative estimate of drug-likeness (QED) is 0.651. The van der Waals surface area contributed by atoms with E-state index in [0.29, 0.717) is 17.5 Å². The van der Waals surface area contributed by atoms with E-state index >= 15 is 0 Å². The normalized spacial score (nSPS) is 12.9. The van der Waals surface area contributed by atoms with Crippen LogP contribution in [0.15, 0.2) is 30.7 Å². The summed E-state index contributed by atoms with van der Waals surface area (Å²) >= 11 is 6.14. The Morgan fingerprint density at radius 2 is 2.21 bits per heavy atom. The number of hydrogen-bond acceptors (Lipinski definition) is 4. The van der Waals surface area contributed by atoms with E-state index in [1.165, 1.54) is 0 Å². The summed E-state index contributed by atoms with van der Waals surface area (Å²) in [5.41, 5.74) is 4.69. The lowest BCUT2D eigenvalue weighted by Gasteiger charge is -2.16. The van der Waals surface area contributed by atoms with Gasteiger partial charge in [-0.2, -0.15) is 5.10 Å². The third kappa shape index (κ3) is 3.32. The van der Waals surface area contributed by atoms with Crippen LogP contribution in [0.2, 0.25) is 5.02 Å². The molecule has 0 spiro atoms. The summed E-state index contributed by atoms with van der Waals surface area (Å²) in [7, 11) is 0. The van der Waals surface area contributed by atoms with Crippen LogP contribution in [-0.4, -0.2) is 14.8 Å². The smallest absolute Gasteiger partial charge is 0.0644 e. The molecule has 19 heavy (non-hydrogen) atoms. The maximum absolute atomic E-state index is 6.14. The van der Waals surface area contributed by atoms with Crippen LogP contribution in [0.1, 0.15) is 37.2 Å². The number of pyridine rings is 1. The molecule has 6 heteroatoms. The Kier molecular flexibility index (Phi) is 4.52. The summed E-state index contributed by atoms with van der Waals surface area (Å²) in [6.07, 6.45) is 5.98. The highest BCUT2D eigenvalue weighted by atomic mass is 35.5. The fraction of sp³-hybridized carbons (Fsp3) is 0.385. The highest BCUT2D eigenvalue weighted by Crippen LogP contribution is 2.23. The van der Waals surface area contributed by atoms with Crippen molar-refractivity contribution in [2.24, 2.45) is 5.84 Å². The summed E-state index contributed by atoms with van der Waals surface area (Å²) < 4.78 is 1.93. The van der Waals surface area contributed by atoms with Crippen LogP contribution in [0.4, 0.5) is 0 Å². The molecule has 0 aromatic carbocycles. The second-order valence-electron chi connectivity index (χ2n) is 4.70. The maximum atomic E-state index is 6.14. The van der Waals surface area contributed by atoms with E-state index < -0.39 is 0 Å². The van der Waals surface area contributed by atoms with Crippen LogP contribution in [0, 0.1) is 0 Å². The maximum Gasteiger partial charge on any atom is 0.0644 e. The first-order valence-electron chi connectivity index (χ1n) is 6.21. The Hall–Kier alpha value is -1.43. The molecule has 0 fully saturated rings. The number of nitrogens with one attached hydrogen (secondary N) is 1. The zero-order chi connectivity index (χ0) is 13.8. The van der Waals surface area contributed by atoms with Crippen molar-refractivity contribution >= 4 is 11.6 Å². The zero-order valence-electron chi connectivity index (χ0n) is 11.0. The molecule has 0 saturated heterocycles. The zero-order valence-corrected chi connectivity index (χ0v) is 11.8. The minimum atomic E-state index is -0.0778. The SMILES string of the molecule is CC(C)n1ccc(CC(NN)c2ccncc2Cl)n1. The van der Waals surface area contributed by atoms with Crippen LogP contribution in [0.3, 0.4) is 0 Å². The van der Waals surface area contributed by atoms with Gasteiger partial charge in [-0.25, -0.2) is 0 Å². The first-order chi connectivity index (χ1) is 9.11. The molecule has 1 atom stereocenters. The van der Waals surface area contributed by atoms with E-state index in [1.807, 2.05) is 23.0 Å². The minimum absolute atomic E-state index is 0.0778. The Morgan fingerprint density at radius 1 is 1.42 bits per heavy atom. The topological polar surface area (TPSA) is 68.8 Å². The molecule has 2 heterocycles. The van der Waals surface area contributed by atoms with Crippen molar-refractivity contribution in [2.75, 3.05) is 0 Å². The van der Waals surface area contributed by atoms with E-state index in [-0.39, 0.29) is 6.04 Å². The van der Waals surface area contributed by atoms with Crippen molar-refractivity contribution < 1.29 is 0 Å². The third-order valence-corrected chi connectivity index (χ3v) is 3.30. The van der Waals surface area contributed by atoms with E-state index in [4.69, 9.17) is 17.4 Å². The fourth-order valence-electron chi connectivity index (χ4n) is 1.91. The number of nitrogens with zero attached hydrogens (tertiary/aromatic N) is 3. The molecular formula is C13H18ClN5. The van der Waals surface area contributed by atoms with Gasteiger partial charge in [0.05, 0.1) is 16.8 Å². The number of hydrazine groups is 1. The third-order valence-electron chi connectivity index (χ3n) is 2.99. The lowest BCUT2D eigenvalue weighted by molar-refractivity contribution is 0.507. The summed E-state index contributed by atoms with van der Waals surface area (Å²) in [5, 5.41) is 5.12. The van der Waals surface area contributed by atoms with Gasteiger partial charge >= 0.3 is 0 Å². The summed E-state index contributed by atoms with van der Waals surface area (Å²) in [4.78, 5) is 3.98. The van der Waals surface area contributed by atoms with Crippen molar-refractivity contribution in [1.82, 2.24) is 20.2 Å². The second kappa shape index (κ2) is 6.14. The van der Waals surface area contributed by atoms with Crippen molar-refractivity contribution in [2.45, 2.75) is 32.4 Å². The molecule has 0 aliphatic heterocycles. The van der Waals surface area contributed by atoms with Gasteiger partial charge in [0.15, 0.2) is 0 Å². The van der Waals surface area contributed by atoms with Crippen molar-refractivity contribution in [3.05, 3.63) is 47.0 Å². The molecule has 0 aliphatic rings. The second-order valence-corrected chi connectivity index (χ2v) is 5.11. The molecule has 0 saturated carbocycles. The number of halogens is 1. The van der Waals surface area contributed by atoms with Crippen LogP contribution >= 0.6 is 11.6 Å². The Morgan fingerprint density at radius 3 is 2.79 bits per heavy atom. The molecule has 0 aliphatic carbocycles. The molecule has 3 N–H and O–H groups in total.